The average molecular weight is 584 g/mol. The third kappa shape index (κ3) is 3.24. The molecule has 1 heteroatoms. The number of anilines is 3. The van der Waals surface area contributed by atoms with Gasteiger partial charge in [0.2, 0.25) is 0 Å². The van der Waals surface area contributed by atoms with Gasteiger partial charge in [0.05, 0.1) is 11.1 Å². The normalized spacial score (nSPS) is 13.4. The minimum atomic E-state index is -0.485. The van der Waals surface area contributed by atoms with Crippen LogP contribution in [0.25, 0.3) is 43.8 Å². The highest BCUT2D eigenvalue weighted by molar-refractivity contribution is 6.19. The minimum absolute atomic E-state index is 0.485. The Morgan fingerprint density at radius 1 is 0.370 bits per heavy atom. The van der Waals surface area contributed by atoms with E-state index in [1.54, 1.807) is 0 Å². The molecule has 214 valence electrons. The Morgan fingerprint density at radius 2 is 0.826 bits per heavy atom. The lowest BCUT2D eigenvalue weighted by Gasteiger charge is -2.37. The topological polar surface area (TPSA) is 3.24 Å². The number of hydrogen-bond acceptors (Lipinski definition) is 1. The smallest absolute Gasteiger partial charge is 0.0746 e. The largest absolute Gasteiger partial charge is 0.309 e. The van der Waals surface area contributed by atoms with E-state index in [2.05, 4.69) is 181 Å². The van der Waals surface area contributed by atoms with Crippen molar-refractivity contribution in [2.45, 2.75) is 5.41 Å². The van der Waals surface area contributed by atoms with Crippen LogP contribution in [0.2, 0.25) is 0 Å². The van der Waals surface area contributed by atoms with Gasteiger partial charge in [-0.25, -0.2) is 0 Å². The number of nitrogens with zero attached hydrogens (tertiary/aromatic N) is 1. The Balaban J connectivity index is 1.49. The van der Waals surface area contributed by atoms with Crippen LogP contribution in [-0.2, 0) is 5.41 Å². The van der Waals surface area contributed by atoms with Crippen LogP contribution in [-0.4, -0.2) is 0 Å². The maximum atomic E-state index is 2.52. The predicted molar refractivity (Wildman–Crippen MR) is 192 cm³/mol. The van der Waals surface area contributed by atoms with Crippen LogP contribution in [0, 0.1) is 0 Å². The first kappa shape index (κ1) is 25.4. The molecule has 10 rings (SSSR count). The molecule has 0 heterocycles. The summed E-state index contributed by atoms with van der Waals surface area (Å²) in [6, 6.07) is 65.0. The Hall–Kier alpha value is -5.92. The molecule has 0 saturated heterocycles. The van der Waals surface area contributed by atoms with Crippen molar-refractivity contribution in [2.75, 3.05) is 4.90 Å². The highest BCUT2D eigenvalue weighted by atomic mass is 15.1. The summed E-state index contributed by atoms with van der Waals surface area (Å²) >= 11 is 0. The lowest BCUT2D eigenvalue weighted by atomic mass is 9.69. The fourth-order valence-electron chi connectivity index (χ4n) is 8.50. The summed E-state index contributed by atoms with van der Waals surface area (Å²) in [7, 11) is 0. The van der Waals surface area contributed by atoms with E-state index in [-0.39, 0.29) is 0 Å². The second-order valence-electron chi connectivity index (χ2n) is 12.4. The molecule has 46 heavy (non-hydrogen) atoms. The first-order chi connectivity index (χ1) is 22.9. The summed E-state index contributed by atoms with van der Waals surface area (Å²) in [5.74, 6) is 0. The zero-order valence-corrected chi connectivity index (χ0v) is 25.2. The number of para-hydroxylation sites is 2. The van der Waals surface area contributed by atoms with Crippen molar-refractivity contribution in [1.82, 2.24) is 0 Å². The predicted octanol–water partition coefficient (Wildman–Crippen LogP) is 11.8. The summed E-state index contributed by atoms with van der Waals surface area (Å²) < 4.78 is 0. The summed E-state index contributed by atoms with van der Waals surface area (Å²) in [5, 5.41) is 5.03. The van der Waals surface area contributed by atoms with Crippen molar-refractivity contribution in [3.8, 4) is 22.3 Å². The van der Waals surface area contributed by atoms with Crippen molar-refractivity contribution in [3.63, 3.8) is 0 Å². The Morgan fingerprint density at radius 3 is 1.41 bits per heavy atom. The number of fused-ring (bicyclic) bond motifs is 13. The van der Waals surface area contributed by atoms with Crippen LogP contribution in [0.1, 0.15) is 22.3 Å². The van der Waals surface area contributed by atoms with Gasteiger partial charge in [-0.1, -0.05) is 146 Å². The molecule has 1 spiro atoms. The van der Waals surface area contributed by atoms with E-state index in [4.69, 9.17) is 0 Å². The molecule has 8 aromatic carbocycles. The molecule has 0 bridgehead atoms. The van der Waals surface area contributed by atoms with Gasteiger partial charge in [0.15, 0.2) is 0 Å². The van der Waals surface area contributed by atoms with Crippen molar-refractivity contribution in [2.24, 2.45) is 0 Å². The zero-order valence-electron chi connectivity index (χ0n) is 25.2. The van der Waals surface area contributed by atoms with Gasteiger partial charge >= 0.3 is 0 Å². The van der Waals surface area contributed by atoms with Gasteiger partial charge in [-0.2, -0.15) is 0 Å². The molecule has 0 N–H and O–H groups in total. The fourth-order valence-corrected chi connectivity index (χ4v) is 8.50. The van der Waals surface area contributed by atoms with Crippen LogP contribution in [0.3, 0.4) is 0 Å². The Labute approximate surface area is 268 Å². The molecular formula is C45H29N. The number of rotatable bonds is 3. The summed E-state index contributed by atoms with van der Waals surface area (Å²) in [4.78, 5) is 2.52. The molecule has 0 atom stereocenters. The lowest BCUT2D eigenvalue weighted by Crippen LogP contribution is -2.28. The Kier molecular flexibility index (Phi) is 5.27. The monoisotopic (exact) mass is 583 g/mol. The van der Waals surface area contributed by atoms with Crippen LogP contribution in [0.4, 0.5) is 17.1 Å². The van der Waals surface area contributed by atoms with Gasteiger partial charge < -0.3 is 4.90 Å². The maximum Gasteiger partial charge on any atom is 0.0746 e. The molecule has 0 unspecified atom stereocenters. The molecule has 2 aliphatic rings. The highest BCUT2D eigenvalue weighted by Gasteiger charge is 2.53. The molecular weight excluding hydrogens is 555 g/mol. The van der Waals surface area contributed by atoms with Crippen LogP contribution in [0.5, 0.6) is 0 Å². The van der Waals surface area contributed by atoms with Gasteiger partial charge in [-0.15, -0.1) is 0 Å². The van der Waals surface area contributed by atoms with Crippen LogP contribution >= 0.6 is 0 Å². The van der Waals surface area contributed by atoms with Crippen molar-refractivity contribution in [3.05, 3.63) is 198 Å². The highest BCUT2D eigenvalue weighted by Crippen LogP contribution is 2.66. The Bertz CT molecular complexity index is 2390. The standard InChI is InChI=1S/C45H29N/c1-3-16-32(17-4-1)46(33-18-5-2-6-19-33)44-42-31(28-27-30-15-7-8-20-34(30)42)29-38-37-23-11-14-26-41(37)45(43(38)44)39-24-12-9-21-35(39)36-22-10-13-25-40(36)45/h1-29H. The molecule has 2 aliphatic carbocycles. The van der Waals surface area contributed by atoms with E-state index in [0.29, 0.717) is 0 Å². The second kappa shape index (κ2) is 9.54. The molecule has 0 amide bonds. The van der Waals surface area contributed by atoms with E-state index in [1.807, 2.05) is 0 Å². The van der Waals surface area contributed by atoms with Gasteiger partial charge in [0.25, 0.3) is 0 Å². The molecule has 1 nitrogen and oxygen atoms in total. The lowest BCUT2D eigenvalue weighted by molar-refractivity contribution is 0.794. The first-order valence-electron chi connectivity index (χ1n) is 16.0. The SMILES string of the molecule is c1ccc(N(c2ccccc2)c2c3c(cc4ccc5ccccc5c24)-c2ccccc2C32c3ccccc3-c3ccccc32)cc1. The van der Waals surface area contributed by atoms with E-state index in [1.165, 1.54) is 71.7 Å². The van der Waals surface area contributed by atoms with E-state index in [0.717, 1.165) is 11.4 Å². The maximum absolute atomic E-state index is 2.52. The van der Waals surface area contributed by atoms with Crippen molar-refractivity contribution in [1.29, 1.82) is 0 Å². The van der Waals surface area contributed by atoms with Crippen LogP contribution < -0.4 is 4.90 Å². The first-order valence-corrected chi connectivity index (χ1v) is 16.0. The molecule has 8 aromatic rings. The molecule has 0 saturated carbocycles. The van der Waals surface area contributed by atoms with E-state index < -0.39 is 5.41 Å². The van der Waals surface area contributed by atoms with Gasteiger partial charge in [-0.3, -0.25) is 0 Å². The average Bonchev–Trinajstić information content (AvgIpc) is 3.59. The third-order valence-electron chi connectivity index (χ3n) is 10.2. The fraction of sp³-hybridized carbons (Fsp3) is 0.0222. The molecule has 0 aromatic heterocycles. The minimum Gasteiger partial charge on any atom is -0.309 e. The molecule has 0 fully saturated rings. The zero-order chi connectivity index (χ0) is 30.2. The van der Waals surface area contributed by atoms with Gasteiger partial charge in [0.1, 0.15) is 0 Å². The second-order valence-corrected chi connectivity index (χ2v) is 12.4. The third-order valence-corrected chi connectivity index (χ3v) is 10.2. The quantitative estimate of drug-likeness (QED) is 0.187. The molecule has 0 aliphatic heterocycles. The summed E-state index contributed by atoms with van der Waals surface area (Å²) in [5.41, 5.74) is 13.7. The summed E-state index contributed by atoms with van der Waals surface area (Å²) in [6.45, 7) is 0. The van der Waals surface area contributed by atoms with Crippen molar-refractivity contribution < 1.29 is 0 Å². The summed E-state index contributed by atoms with van der Waals surface area (Å²) in [6.07, 6.45) is 0. The van der Waals surface area contributed by atoms with Crippen molar-refractivity contribution >= 4 is 38.6 Å². The van der Waals surface area contributed by atoms with E-state index in [9.17, 15) is 0 Å². The number of hydrogen-bond donors (Lipinski definition) is 0. The number of benzene rings is 8. The van der Waals surface area contributed by atoms with Gasteiger partial charge in [-0.05, 0) is 85.4 Å². The van der Waals surface area contributed by atoms with Crippen LogP contribution in [0.15, 0.2) is 176 Å². The van der Waals surface area contributed by atoms with E-state index >= 15 is 0 Å². The van der Waals surface area contributed by atoms with Gasteiger partial charge in [0, 0.05) is 22.3 Å². The molecule has 0 radical (unpaired) electrons.